The Morgan fingerprint density at radius 3 is 2.91 bits per heavy atom. The lowest BCUT2D eigenvalue weighted by Gasteiger charge is -2.35. The summed E-state index contributed by atoms with van der Waals surface area (Å²) in [5, 5.41) is 15.6. The molecule has 3 unspecified atom stereocenters. The molecule has 3 atom stereocenters. The van der Waals surface area contributed by atoms with Crippen LogP contribution in [0.3, 0.4) is 0 Å². The second kappa shape index (κ2) is 7.43. The standard InChI is InChI=1S/C18H27N3O2/c1-2-15(10-20-18(23)17-9-16(22)11-19-17)21-8-7-13-5-3-4-6-14(13)12-21/h3-6,15-17,19,22H,2,7-12H2,1H3,(H,20,23). The Morgan fingerprint density at radius 1 is 1.43 bits per heavy atom. The van der Waals surface area contributed by atoms with Crippen molar-refractivity contribution in [2.45, 2.75) is 50.9 Å². The molecule has 1 saturated heterocycles. The van der Waals surface area contributed by atoms with Gasteiger partial charge in [0.15, 0.2) is 0 Å². The van der Waals surface area contributed by atoms with Gasteiger partial charge in [-0.15, -0.1) is 0 Å². The molecule has 0 spiro atoms. The minimum Gasteiger partial charge on any atom is -0.392 e. The molecular weight excluding hydrogens is 290 g/mol. The first-order valence-corrected chi connectivity index (χ1v) is 8.67. The second-order valence-electron chi connectivity index (χ2n) is 6.65. The Morgan fingerprint density at radius 2 is 2.22 bits per heavy atom. The molecule has 0 bridgehead atoms. The number of nitrogens with one attached hydrogen (secondary N) is 2. The summed E-state index contributed by atoms with van der Waals surface area (Å²) < 4.78 is 0. The van der Waals surface area contributed by atoms with E-state index >= 15 is 0 Å². The summed E-state index contributed by atoms with van der Waals surface area (Å²) in [5.41, 5.74) is 2.86. The van der Waals surface area contributed by atoms with Gasteiger partial charge in [-0.05, 0) is 30.4 Å². The molecule has 1 fully saturated rings. The van der Waals surface area contributed by atoms with Gasteiger partial charge >= 0.3 is 0 Å². The van der Waals surface area contributed by atoms with Gasteiger partial charge in [0.2, 0.25) is 5.91 Å². The number of amides is 1. The van der Waals surface area contributed by atoms with Crippen LogP contribution in [0.2, 0.25) is 0 Å². The van der Waals surface area contributed by atoms with Crippen molar-refractivity contribution in [1.29, 1.82) is 0 Å². The van der Waals surface area contributed by atoms with Crippen LogP contribution in [-0.4, -0.2) is 53.7 Å². The molecule has 1 amide bonds. The molecule has 2 aliphatic heterocycles. The minimum absolute atomic E-state index is 0.0115. The molecule has 5 nitrogen and oxygen atoms in total. The normalized spacial score (nSPS) is 25.8. The van der Waals surface area contributed by atoms with Crippen LogP contribution in [0.25, 0.3) is 0 Å². The fourth-order valence-electron chi connectivity index (χ4n) is 3.62. The summed E-state index contributed by atoms with van der Waals surface area (Å²) >= 11 is 0. The minimum atomic E-state index is -0.397. The molecule has 5 heteroatoms. The SMILES string of the molecule is CCC(CNC(=O)C1CC(O)CN1)N1CCc2ccccc2C1. The summed E-state index contributed by atoms with van der Waals surface area (Å²) in [5.74, 6) is 0.0115. The summed E-state index contributed by atoms with van der Waals surface area (Å²) in [6.07, 6.45) is 2.21. The molecule has 1 aromatic rings. The number of nitrogens with zero attached hydrogens (tertiary/aromatic N) is 1. The van der Waals surface area contributed by atoms with E-state index in [1.54, 1.807) is 0 Å². The number of aliphatic hydroxyl groups is 1. The van der Waals surface area contributed by atoms with Gasteiger partial charge in [-0.2, -0.15) is 0 Å². The highest BCUT2D eigenvalue weighted by atomic mass is 16.3. The molecule has 0 aromatic heterocycles. The van der Waals surface area contributed by atoms with Crippen molar-refractivity contribution in [3.8, 4) is 0 Å². The Hall–Kier alpha value is -1.43. The highest BCUT2D eigenvalue weighted by molar-refractivity contribution is 5.82. The third-order valence-electron chi connectivity index (χ3n) is 5.08. The number of benzene rings is 1. The zero-order chi connectivity index (χ0) is 16.2. The maximum absolute atomic E-state index is 12.2. The lowest BCUT2D eigenvalue weighted by Crippen LogP contribution is -2.48. The number of rotatable bonds is 5. The molecule has 3 rings (SSSR count). The van der Waals surface area contributed by atoms with Gasteiger partial charge in [-0.25, -0.2) is 0 Å². The first-order chi connectivity index (χ1) is 11.2. The van der Waals surface area contributed by atoms with E-state index in [4.69, 9.17) is 0 Å². The number of β-amino-alcohol motifs (C(OH)–C–C–N with tert-alkyl or cyclic N) is 1. The predicted molar refractivity (Wildman–Crippen MR) is 90.1 cm³/mol. The molecule has 0 aliphatic carbocycles. The molecule has 1 aromatic carbocycles. The van der Waals surface area contributed by atoms with Crippen LogP contribution in [0.15, 0.2) is 24.3 Å². The van der Waals surface area contributed by atoms with E-state index < -0.39 is 6.10 Å². The van der Waals surface area contributed by atoms with Gasteiger partial charge in [-0.1, -0.05) is 31.2 Å². The number of carbonyl (C=O) groups is 1. The van der Waals surface area contributed by atoms with Crippen molar-refractivity contribution in [3.05, 3.63) is 35.4 Å². The zero-order valence-corrected chi connectivity index (χ0v) is 13.8. The van der Waals surface area contributed by atoms with Crippen molar-refractivity contribution >= 4 is 5.91 Å². The summed E-state index contributed by atoms with van der Waals surface area (Å²) in [7, 11) is 0. The molecule has 126 valence electrons. The summed E-state index contributed by atoms with van der Waals surface area (Å²) in [6, 6.07) is 8.74. The monoisotopic (exact) mass is 317 g/mol. The van der Waals surface area contributed by atoms with Crippen LogP contribution >= 0.6 is 0 Å². The molecule has 2 aliphatic rings. The average Bonchev–Trinajstić information content (AvgIpc) is 3.01. The van der Waals surface area contributed by atoms with E-state index in [2.05, 4.69) is 46.7 Å². The quantitative estimate of drug-likeness (QED) is 0.747. The second-order valence-corrected chi connectivity index (χ2v) is 6.65. The summed E-state index contributed by atoms with van der Waals surface area (Å²) in [6.45, 7) is 5.37. The fraction of sp³-hybridized carbons (Fsp3) is 0.611. The molecular formula is C18H27N3O2. The fourth-order valence-corrected chi connectivity index (χ4v) is 3.62. The van der Waals surface area contributed by atoms with Gasteiger partial charge in [0.1, 0.15) is 0 Å². The Balaban J connectivity index is 1.53. The van der Waals surface area contributed by atoms with Crippen LogP contribution in [-0.2, 0) is 17.8 Å². The van der Waals surface area contributed by atoms with Crippen molar-refractivity contribution in [3.63, 3.8) is 0 Å². The van der Waals surface area contributed by atoms with Crippen molar-refractivity contribution in [2.24, 2.45) is 0 Å². The van der Waals surface area contributed by atoms with Crippen molar-refractivity contribution in [2.75, 3.05) is 19.6 Å². The summed E-state index contributed by atoms with van der Waals surface area (Å²) in [4.78, 5) is 14.7. The van der Waals surface area contributed by atoms with Crippen LogP contribution in [0.1, 0.15) is 30.9 Å². The molecule has 2 heterocycles. The Kier molecular flexibility index (Phi) is 5.30. The van der Waals surface area contributed by atoms with Gasteiger partial charge in [0.25, 0.3) is 0 Å². The number of carbonyl (C=O) groups excluding carboxylic acids is 1. The number of hydrogen-bond acceptors (Lipinski definition) is 4. The Labute approximate surface area is 138 Å². The maximum Gasteiger partial charge on any atom is 0.237 e. The van der Waals surface area contributed by atoms with Crippen LogP contribution < -0.4 is 10.6 Å². The first kappa shape index (κ1) is 16.4. The average molecular weight is 317 g/mol. The largest absolute Gasteiger partial charge is 0.392 e. The third kappa shape index (κ3) is 3.91. The van der Waals surface area contributed by atoms with Gasteiger partial charge in [-0.3, -0.25) is 9.69 Å². The topological polar surface area (TPSA) is 64.6 Å². The van der Waals surface area contributed by atoms with Gasteiger partial charge in [0.05, 0.1) is 12.1 Å². The van der Waals surface area contributed by atoms with Crippen LogP contribution in [0, 0.1) is 0 Å². The van der Waals surface area contributed by atoms with E-state index in [-0.39, 0.29) is 11.9 Å². The third-order valence-corrected chi connectivity index (χ3v) is 5.08. The first-order valence-electron chi connectivity index (χ1n) is 8.67. The van der Waals surface area contributed by atoms with E-state index in [9.17, 15) is 9.90 Å². The molecule has 3 N–H and O–H groups in total. The van der Waals surface area contributed by atoms with E-state index in [1.807, 2.05) is 0 Å². The van der Waals surface area contributed by atoms with Gasteiger partial charge in [0, 0.05) is 32.2 Å². The lowest BCUT2D eigenvalue weighted by atomic mass is 9.98. The van der Waals surface area contributed by atoms with E-state index in [0.717, 1.165) is 25.9 Å². The molecule has 0 radical (unpaired) electrons. The number of aliphatic hydroxyl groups excluding tert-OH is 1. The highest BCUT2D eigenvalue weighted by Crippen LogP contribution is 2.21. The highest BCUT2D eigenvalue weighted by Gasteiger charge is 2.29. The number of hydrogen-bond donors (Lipinski definition) is 3. The van der Waals surface area contributed by atoms with E-state index in [0.29, 0.717) is 25.6 Å². The zero-order valence-electron chi connectivity index (χ0n) is 13.8. The predicted octanol–water partition coefficient (Wildman–Crippen LogP) is 0.662. The van der Waals surface area contributed by atoms with Crippen molar-refractivity contribution < 1.29 is 9.90 Å². The van der Waals surface area contributed by atoms with Crippen molar-refractivity contribution in [1.82, 2.24) is 15.5 Å². The van der Waals surface area contributed by atoms with Crippen LogP contribution in [0.5, 0.6) is 0 Å². The Bertz CT molecular complexity index is 549. The maximum atomic E-state index is 12.2. The molecule has 0 saturated carbocycles. The van der Waals surface area contributed by atoms with Crippen LogP contribution in [0.4, 0.5) is 0 Å². The molecule has 23 heavy (non-hydrogen) atoms. The smallest absolute Gasteiger partial charge is 0.237 e. The van der Waals surface area contributed by atoms with E-state index in [1.165, 1.54) is 11.1 Å². The lowest BCUT2D eigenvalue weighted by molar-refractivity contribution is -0.123. The van der Waals surface area contributed by atoms with Gasteiger partial charge < -0.3 is 15.7 Å². The number of fused-ring (bicyclic) bond motifs is 1.